The number of carbonyl (C=O) groups excluding carboxylic acids is 2. The van der Waals surface area contributed by atoms with Gasteiger partial charge in [0.25, 0.3) is 5.91 Å². The van der Waals surface area contributed by atoms with Crippen molar-refractivity contribution < 1.29 is 14.3 Å². The SMILES string of the molecule is CC(C)OCCCN1CC2=C(C1=O)[C@H](c1ccccc1)NC(=O)N2. The average molecular weight is 329 g/mol. The average Bonchev–Trinajstić information content (AvgIpc) is 2.87. The minimum Gasteiger partial charge on any atom is -0.379 e. The lowest BCUT2D eigenvalue weighted by molar-refractivity contribution is -0.126. The summed E-state index contributed by atoms with van der Waals surface area (Å²) in [6.07, 6.45) is 0.971. The molecule has 6 nitrogen and oxygen atoms in total. The van der Waals surface area contributed by atoms with E-state index >= 15 is 0 Å². The predicted molar refractivity (Wildman–Crippen MR) is 90.2 cm³/mol. The minimum absolute atomic E-state index is 0.0177. The highest BCUT2D eigenvalue weighted by Gasteiger charge is 2.39. The number of rotatable bonds is 6. The van der Waals surface area contributed by atoms with Gasteiger partial charge in [-0.25, -0.2) is 4.79 Å². The zero-order valence-electron chi connectivity index (χ0n) is 14.0. The molecule has 0 bridgehead atoms. The van der Waals surface area contributed by atoms with Crippen LogP contribution >= 0.6 is 0 Å². The van der Waals surface area contributed by atoms with Crippen LogP contribution in [0.15, 0.2) is 41.6 Å². The fourth-order valence-electron chi connectivity index (χ4n) is 3.08. The lowest BCUT2D eigenvalue weighted by Crippen LogP contribution is -2.44. The molecule has 1 aromatic rings. The summed E-state index contributed by atoms with van der Waals surface area (Å²) >= 11 is 0. The first-order valence-corrected chi connectivity index (χ1v) is 8.32. The number of nitrogens with zero attached hydrogens (tertiary/aromatic N) is 1. The molecule has 2 aliphatic heterocycles. The minimum atomic E-state index is -0.389. The Hall–Kier alpha value is -2.34. The normalized spacial score (nSPS) is 20.3. The molecule has 0 aliphatic carbocycles. The highest BCUT2D eigenvalue weighted by Crippen LogP contribution is 2.32. The smallest absolute Gasteiger partial charge is 0.319 e. The molecule has 6 heteroatoms. The zero-order valence-corrected chi connectivity index (χ0v) is 14.0. The molecule has 1 atom stereocenters. The Morgan fingerprint density at radius 3 is 2.71 bits per heavy atom. The van der Waals surface area contributed by atoms with Crippen LogP contribution in [-0.4, -0.2) is 42.6 Å². The fraction of sp³-hybridized carbons (Fsp3) is 0.444. The highest BCUT2D eigenvalue weighted by atomic mass is 16.5. The van der Waals surface area contributed by atoms with E-state index in [1.165, 1.54) is 0 Å². The summed E-state index contributed by atoms with van der Waals surface area (Å²) < 4.78 is 5.53. The van der Waals surface area contributed by atoms with Crippen LogP contribution in [0.4, 0.5) is 4.79 Å². The van der Waals surface area contributed by atoms with Crippen molar-refractivity contribution in [1.29, 1.82) is 0 Å². The first-order valence-electron chi connectivity index (χ1n) is 8.32. The first-order chi connectivity index (χ1) is 11.6. The number of benzene rings is 1. The monoisotopic (exact) mass is 329 g/mol. The molecule has 0 saturated carbocycles. The van der Waals surface area contributed by atoms with Crippen molar-refractivity contribution in [2.24, 2.45) is 0 Å². The quantitative estimate of drug-likeness (QED) is 0.784. The van der Waals surface area contributed by atoms with Gasteiger partial charge in [0, 0.05) is 13.2 Å². The third-order valence-corrected chi connectivity index (χ3v) is 4.18. The molecular formula is C18H23N3O3. The molecule has 2 N–H and O–H groups in total. The summed E-state index contributed by atoms with van der Waals surface area (Å²) in [5.41, 5.74) is 2.27. The summed E-state index contributed by atoms with van der Waals surface area (Å²) in [5.74, 6) is -0.0177. The number of hydrogen-bond acceptors (Lipinski definition) is 3. The third-order valence-electron chi connectivity index (χ3n) is 4.18. The Labute approximate surface area is 141 Å². The second-order valence-corrected chi connectivity index (χ2v) is 6.33. The number of carbonyl (C=O) groups is 2. The molecule has 3 rings (SSSR count). The summed E-state index contributed by atoms with van der Waals surface area (Å²) in [6, 6.07) is 8.92. The molecule has 1 aromatic carbocycles. The zero-order chi connectivity index (χ0) is 17.1. The van der Waals surface area contributed by atoms with E-state index in [2.05, 4.69) is 10.6 Å². The van der Waals surface area contributed by atoms with Crippen LogP contribution in [0.3, 0.4) is 0 Å². The van der Waals surface area contributed by atoms with Crippen LogP contribution in [0, 0.1) is 0 Å². The Morgan fingerprint density at radius 1 is 1.25 bits per heavy atom. The van der Waals surface area contributed by atoms with Gasteiger partial charge >= 0.3 is 6.03 Å². The van der Waals surface area contributed by atoms with Gasteiger partial charge in [-0.1, -0.05) is 30.3 Å². The fourth-order valence-corrected chi connectivity index (χ4v) is 3.08. The molecular weight excluding hydrogens is 306 g/mol. The Balaban J connectivity index is 1.71. The molecule has 0 fully saturated rings. The van der Waals surface area contributed by atoms with E-state index < -0.39 is 0 Å². The largest absolute Gasteiger partial charge is 0.379 e. The molecule has 24 heavy (non-hydrogen) atoms. The van der Waals surface area contributed by atoms with Crippen molar-refractivity contribution in [3.8, 4) is 0 Å². The van der Waals surface area contributed by atoms with Gasteiger partial charge in [0.15, 0.2) is 0 Å². The van der Waals surface area contributed by atoms with E-state index in [-0.39, 0.29) is 24.1 Å². The number of hydrogen-bond donors (Lipinski definition) is 2. The lowest BCUT2D eigenvalue weighted by atomic mass is 9.96. The Bertz CT molecular complexity index is 655. The number of ether oxygens (including phenoxy) is 1. The standard InChI is InChI=1S/C18H23N3O3/c1-12(2)24-10-6-9-21-11-14-15(17(21)22)16(20-18(23)19-14)13-7-4-3-5-8-13/h3-5,7-8,12,16H,6,9-11H2,1-2H3,(H2,19,20,23)/t16-/m0/s1. The molecule has 0 unspecified atom stereocenters. The van der Waals surface area contributed by atoms with Crippen molar-refractivity contribution in [2.75, 3.05) is 19.7 Å². The number of amides is 3. The van der Waals surface area contributed by atoms with E-state index in [0.717, 1.165) is 12.0 Å². The molecule has 3 amide bonds. The van der Waals surface area contributed by atoms with E-state index in [4.69, 9.17) is 4.74 Å². The van der Waals surface area contributed by atoms with Crippen LogP contribution in [-0.2, 0) is 9.53 Å². The highest BCUT2D eigenvalue weighted by molar-refractivity contribution is 6.01. The van der Waals surface area contributed by atoms with Crippen molar-refractivity contribution in [3.63, 3.8) is 0 Å². The van der Waals surface area contributed by atoms with Crippen LogP contribution in [0.25, 0.3) is 0 Å². The van der Waals surface area contributed by atoms with Crippen molar-refractivity contribution >= 4 is 11.9 Å². The van der Waals surface area contributed by atoms with Crippen molar-refractivity contribution in [1.82, 2.24) is 15.5 Å². The van der Waals surface area contributed by atoms with Crippen LogP contribution in [0.5, 0.6) is 0 Å². The molecule has 0 saturated heterocycles. The summed E-state index contributed by atoms with van der Waals surface area (Å²) in [5, 5.41) is 5.64. The van der Waals surface area contributed by atoms with Gasteiger partial charge in [0.05, 0.1) is 30.0 Å². The molecule has 0 radical (unpaired) electrons. The lowest BCUT2D eigenvalue weighted by Gasteiger charge is -2.25. The second-order valence-electron chi connectivity index (χ2n) is 6.33. The molecule has 128 valence electrons. The van der Waals surface area contributed by atoms with Gasteiger partial charge in [-0.15, -0.1) is 0 Å². The van der Waals surface area contributed by atoms with Crippen molar-refractivity contribution in [3.05, 3.63) is 47.2 Å². The number of urea groups is 1. The second kappa shape index (κ2) is 7.05. The van der Waals surface area contributed by atoms with Gasteiger partial charge in [0.1, 0.15) is 0 Å². The topological polar surface area (TPSA) is 70.7 Å². The summed E-state index contributed by atoms with van der Waals surface area (Å²) in [4.78, 5) is 26.5. The van der Waals surface area contributed by atoms with E-state index in [1.54, 1.807) is 4.90 Å². The third kappa shape index (κ3) is 3.43. The van der Waals surface area contributed by atoms with Crippen LogP contribution in [0.1, 0.15) is 31.9 Å². The van der Waals surface area contributed by atoms with Crippen LogP contribution in [0.2, 0.25) is 0 Å². The van der Waals surface area contributed by atoms with E-state index in [1.807, 2.05) is 44.2 Å². The van der Waals surface area contributed by atoms with Crippen molar-refractivity contribution in [2.45, 2.75) is 32.4 Å². The van der Waals surface area contributed by atoms with Gasteiger partial charge < -0.3 is 20.3 Å². The molecule has 2 heterocycles. The Kier molecular flexibility index (Phi) is 4.85. The van der Waals surface area contributed by atoms with Gasteiger partial charge in [-0.3, -0.25) is 4.79 Å². The van der Waals surface area contributed by atoms with E-state index in [0.29, 0.717) is 31.0 Å². The van der Waals surface area contributed by atoms with E-state index in [9.17, 15) is 9.59 Å². The maximum Gasteiger partial charge on any atom is 0.319 e. The van der Waals surface area contributed by atoms with Gasteiger partial charge in [0.2, 0.25) is 0 Å². The van der Waals surface area contributed by atoms with Crippen LogP contribution < -0.4 is 10.6 Å². The molecule has 0 spiro atoms. The Morgan fingerprint density at radius 2 is 2.00 bits per heavy atom. The summed E-state index contributed by atoms with van der Waals surface area (Å²) in [7, 11) is 0. The van der Waals surface area contributed by atoms with Gasteiger partial charge in [-0.05, 0) is 25.8 Å². The van der Waals surface area contributed by atoms with Gasteiger partial charge in [-0.2, -0.15) is 0 Å². The number of nitrogens with one attached hydrogen (secondary N) is 2. The first kappa shape index (κ1) is 16.5. The predicted octanol–water partition coefficient (Wildman–Crippen LogP) is 1.95. The summed E-state index contributed by atoms with van der Waals surface area (Å²) in [6.45, 7) is 5.68. The maximum atomic E-state index is 12.8. The molecule has 0 aromatic heterocycles. The maximum absolute atomic E-state index is 12.8. The molecule has 2 aliphatic rings.